The van der Waals surface area contributed by atoms with Crippen molar-refractivity contribution in [2.45, 2.75) is 38.0 Å². The number of thioether (sulfide) groups is 1. The van der Waals surface area contributed by atoms with Gasteiger partial charge in [0.1, 0.15) is 0 Å². The Bertz CT molecular complexity index is 342. The van der Waals surface area contributed by atoms with Crippen LogP contribution in [-0.2, 0) is 6.54 Å². The van der Waals surface area contributed by atoms with E-state index in [4.69, 9.17) is 0 Å². The third kappa shape index (κ3) is 3.26. The summed E-state index contributed by atoms with van der Waals surface area (Å²) in [5.41, 5.74) is 2.74. The van der Waals surface area contributed by atoms with Gasteiger partial charge in [-0.3, -0.25) is 0 Å². The number of hydrogen-bond acceptors (Lipinski definition) is 2. The maximum atomic E-state index is 3.59. The van der Waals surface area contributed by atoms with Gasteiger partial charge < -0.3 is 5.32 Å². The largest absolute Gasteiger partial charge is 0.311 e. The van der Waals surface area contributed by atoms with Crippen molar-refractivity contribution in [3.05, 3.63) is 35.4 Å². The third-order valence-electron chi connectivity index (χ3n) is 3.21. The van der Waals surface area contributed by atoms with Gasteiger partial charge in [-0.2, -0.15) is 11.8 Å². The average Bonchev–Trinajstić information content (AvgIpc) is 2.65. The summed E-state index contributed by atoms with van der Waals surface area (Å²) in [6.45, 7) is 6.66. The van der Waals surface area contributed by atoms with E-state index in [9.17, 15) is 0 Å². The van der Waals surface area contributed by atoms with Crippen LogP contribution in [0.5, 0.6) is 0 Å². The standard InChI is InChI=1S/C14H21NS/c1-12-5-3-6-13(9-12)10-15-11-14(2)7-4-8-16-14/h3,5-6,9,15H,4,7-8,10-11H2,1-2H3. The van der Waals surface area contributed by atoms with Crippen LogP contribution in [0.15, 0.2) is 24.3 Å². The monoisotopic (exact) mass is 235 g/mol. The van der Waals surface area contributed by atoms with Crippen molar-refractivity contribution in [1.82, 2.24) is 5.32 Å². The molecular weight excluding hydrogens is 214 g/mol. The fourth-order valence-corrected chi connectivity index (χ4v) is 3.54. The second-order valence-corrected chi connectivity index (χ2v) is 6.68. The highest BCUT2D eigenvalue weighted by atomic mass is 32.2. The first-order valence-electron chi connectivity index (χ1n) is 6.08. The van der Waals surface area contributed by atoms with Crippen LogP contribution in [-0.4, -0.2) is 17.0 Å². The van der Waals surface area contributed by atoms with E-state index in [-0.39, 0.29) is 0 Å². The molecule has 1 heterocycles. The molecule has 88 valence electrons. The van der Waals surface area contributed by atoms with Crippen molar-refractivity contribution in [3.8, 4) is 0 Å². The topological polar surface area (TPSA) is 12.0 Å². The lowest BCUT2D eigenvalue weighted by Gasteiger charge is -2.23. The Hall–Kier alpha value is -0.470. The minimum Gasteiger partial charge on any atom is -0.311 e. The Morgan fingerprint density at radius 1 is 1.44 bits per heavy atom. The summed E-state index contributed by atoms with van der Waals surface area (Å²) in [5.74, 6) is 1.34. The van der Waals surface area contributed by atoms with E-state index in [2.05, 4.69) is 55.2 Å². The Morgan fingerprint density at radius 3 is 3.00 bits per heavy atom. The average molecular weight is 235 g/mol. The molecule has 1 aliphatic heterocycles. The van der Waals surface area contributed by atoms with Crippen LogP contribution in [0.3, 0.4) is 0 Å². The molecule has 0 radical (unpaired) electrons. The lowest BCUT2D eigenvalue weighted by molar-refractivity contribution is 0.537. The fraction of sp³-hybridized carbons (Fsp3) is 0.571. The van der Waals surface area contributed by atoms with E-state index in [1.807, 2.05) is 0 Å². The summed E-state index contributed by atoms with van der Waals surface area (Å²) >= 11 is 2.12. The van der Waals surface area contributed by atoms with Gasteiger partial charge in [0.15, 0.2) is 0 Å². The Kier molecular flexibility index (Phi) is 3.93. The van der Waals surface area contributed by atoms with Gasteiger partial charge in [-0.15, -0.1) is 0 Å². The molecule has 1 aliphatic rings. The van der Waals surface area contributed by atoms with Gasteiger partial charge in [-0.05, 0) is 38.0 Å². The lowest BCUT2D eigenvalue weighted by Crippen LogP contribution is -2.32. The zero-order valence-corrected chi connectivity index (χ0v) is 11.1. The van der Waals surface area contributed by atoms with Gasteiger partial charge in [0, 0.05) is 17.8 Å². The molecule has 0 aromatic heterocycles. The first-order chi connectivity index (χ1) is 7.68. The van der Waals surface area contributed by atoms with Crippen LogP contribution in [0.1, 0.15) is 30.9 Å². The number of hydrogen-bond donors (Lipinski definition) is 1. The highest BCUT2D eigenvalue weighted by Gasteiger charge is 2.28. The van der Waals surface area contributed by atoms with Crippen molar-refractivity contribution in [3.63, 3.8) is 0 Å². The summed E-state index contributed by atoms with van der Waals surface area (Å²) in [6.07, 6.45) is 2.74. The van der Waals surface area contributed by atoms with Gasteiger partial charge in [0.2, 0.25) is 0 Å². The zero-order chi connectivity index (χ0) is 11.4. The van der Waals surface area contributed by atoms with Crippen molar-refractivity contribution < 1.29 is 0 Å². The van der Waals surface area contributed by atoms with Crippen molar-refractivity contribution in [1.29, 1.82) is 0 Å². The molecular formula is C14H21NS. The SMILES string of the molecule is Cc1cccc(CNCC2(C)CCCS2)c1. The molecule has 0 aliphatic carbocycles. The van der Waals surface area contributed by atoms with Crippen LogP contribution in [0.25, 0.3) is 0 Å². The summed E-state index contributed by atoms with van der Waals surface area (Å²) in [4.78, 5) is 0. The molecule has 1 saturated heterocycles. The Balaban J connectivity index is 1.79. The van der Waals surface area contributed by atoms with E-state index in [0.29, 0.717) is 4.75 Å². The van der Waals surface area contributed by atoms with E-state index < -0.39 is 0 Å². The Morgan fingerprint density at radius 2 is 2.31 bits per heavy atom. The highest BCUT2D eigenvalue weighted by molar-refractivity contribution is 8.00. The maximum Gasteiger partial charge on any atom is 0.0256 e. The minimum atomic E-state index is 0.476. The van der Waals surface area contributed by atoms with Gasteiger partial charge in [-0.25, -0.2) is 0 Å². The third-order valence-corrected chi connectivity index (χ3v) is 4.75. The van der Waals surface area contributed by atoms with Gasteiger partial charge >= 0.3 is 0 Å². The van der Waals surface area contributed by atoms with E-state index in [1.165, 1.54) is 29.7 Å². The van der Waals surface area contributed by atoms with Crippen LogP contribution in [0, 0.1) is 6.92 Å². The summed E-state index contributed by atoms with van der Waals surface area (Å²) in [7, 11) is 0. The molecule has 1 unspecified atom stereocenters. The number of rotatable bonds is 4. The van der Waals surface area contributed by atoms with Crippen molar-refractivity contribution >= 4 is 11.8 Å². The molecule has 0 spiro atoms. The molecule has 16 heavy (non-hydrogen) atoms. The van der Waals surface area contributed by atoms with E-state index in [1.54, 1.807) is 0 Å². The maximum absolute atomic E-state index is 3.59. The first-order valence-corrected chi connectivity index (χ1v) is 7.07. The highest BCUT2D eigenvalue weighted by Crippen LogP contribution is 2.36. The number of nitrogens with one attached hydrogen (secondary N) is 1. The molecule has 1 nitrogen and oxygen atoms in total. The fourth-order valence-electron chi connectivity index (χ4n) is 2.27. The Labute approximate surface area is 103 Å². The first kappa shape index (κ1) is 12.0. The van der Waals surface area contributed by atoms with Crippen molar-refractivity contribution in [2.75, 3.05) is 12.3 Å². The number of benzene rings is 1. The molecule has 2 heteroatoms. The molecule has 1 aromatic rings. The molecule has 1 aromatic carbocycles. The van der Waals surface area contributed by atoms with E-state index >= 15 is 0 Å². The zero-order valence-electron chi connectivity index (χ0n) is 10.3. The molecule has 1 N–H and O–H groups in total. The van der Waals surface area contributed by atoms with Gasteiger partial charge in [0.05, 0.1) is 0 Å². The molecule has 0 amide bonds. The molecule has 1 fully saturated rings. The minimum absolute atomic E-state index is 0.476. The normalized spacial score (nSPS) is 24.9. The smallest absolute Gasteiger partial charge is 0.0256 e. The van der Waals surface area contributed by atoms with Crippen LogP contribution < -0.4 is 5.32 Å². The summed E-state index contributed by atoms with van der Waals surface area (Å²) in [5, 5.41) is 3.59. The predicted molar refractivity (Wildman–Crippen MR) is 73.0 cm³/mol. The quantitative estimate of drug-likeness (QED) is 0.858. The molecule has 1 atom stereocenters. The van der Waals surface area contributed by atoms with Crippen molar-refractivity contribution in [2.24, 2.45) is 0 Å². The van der Waals surface area contributed by atoms with E-state index in [0.717, 1.165) is 13.1 Å². The lowest BCUT2D eigenvalue weighted by atomic mass is 10.1. The molecule has 0 saturated carbocycles. The molecule has 0 bridgehead atoms. The van der Waals surface area contributed by atoms with Gasteiger partial charge in [0.25, 0.3) is 0 Å². The summed E-state index contributed by atoms with van der Waals surface area (Å²) < 4.78 is 0.476. The molecule has 2 rings (SSSR count). The van der Waals surface area contributed by atoms with Crippen LogP contribution >= 0.6 is 11.8 Å². The van der Waals surface area contributed by atoms with Crippen LogP contribution in [0.4, 0.5) is 0 Å². The number of aryl methyl sites for hydroxylation is 1. The second kappa shape index (κ2) is 5.24. The van der Waals surface area contributed by atoms with Crippen LogP contribution in [0.2, 0.25) is 0 Å². The predicted octanol–water partition coefficient (Wildman–Crippen LogP) is 3.37. The second-order valence-electron chi connectivity index (χ2n) is 4.99. The van der Waals surface area contributed by atoms with Gasteiger partial charge in [-0.1, -0.05) is 29.8 Å². The summed E-state index contributed by atoms with van der Waals surface area (Å²) in [6, 6.07) is 8.75.